The number of carbonyl (C=O) groups excluding carboxylic acids is 1. The lowest BCUT2D eigenvalue weighted by atomic mass is 10.0. The zero-order valence-corrected chi connectivity index (χ0v) is 14.5. The van der Waals surface area contributed by atoms with Gasteiger partial charge in [0.15, 0.2) is 0 Å². The lowest BCUT2D eigenvalue weighted by Crippen LogP contribution is -2.40. The molecule has 0 aliphatic heterocycles. The van der Waals surface area contributed by atoms with Gasteiger partial charge in [0.25, 0.3) is 5.91 Å². The number of rotatable bonds is 5. The number of para-hydroxylation sites is 2. The SMILES string of the molecule is CN(C(=O)C(c1ccccc1)N(C)c1ccccc1)c1ccccc1. The molecule has 0 N–H and O–H groups in total. The molecule has 3 aromatic rings. The van der Waals surface area contributed by atoms with Gasteiger partial charge in [0.05, 0.1) is 0 Å². The van der Waals surface area contributed by atoms with E-state index in [1.807, 2.05) is 110 Å². The molecule has 0 bridgehead atoms. The number of anilines is 2. The molecule has 3 nitrogen and oxygen atoms in total. The summed E-state index contributed by atoms with van der Waals surface area (Å²) in [4.78, 5) is 17.1. The minimum Gasteiger partial charge on any atom is -0.359 e. The molecule has 3 rings (SSSR count). The summed E-state index contributed by atoms with van der Waals surface area (Å²) in [7, 11) is 3.79. The smallest absolute Gasteiger partial charge is 0.254 e. The van der Waals surface area contributed by atoms with Crippen LogP contribution in [0.25, 0.3) is 0 Å². The van der Waals surface area contributed by atoms with Gasteiger partial charge in [0, 0.05) is 25.5 Å². The highest BCUT2D eigenvalue weighted by atomic mass is 16.2. The Kier molecular flexibility index (Phi) is 5.14. The van der Waals surface area contributed by atoms with Crippen LogP contribution in [0.2, 0.25) is 0 Å². The number of hydrogen-bond acceptors (Lipinski definition) is 2. The molecule has 1 unspecified atom stereocenters. The average Bonchev–Trinajstić information content (AvgIpc) is 2.69. The first kappa shape index (κ1) is 16.8. The fourth-order valence-corrected chi connectivity index (χ4v) is 2.94. The van der Waals surface area contributed by atoms with E-state index in [0.717, 1.165) is 16.9 Å². The molecule has 0 fully saturated rings. The van der Waals surface area contributed by atoms with Gasteiger partial charge in [-0.15, -0.1) is 0 Å². The number of likely N-dealkylation sites (N-methyl/N-ethyl adjacent to an activating group) is 2. The monoisotopic (exact) mass is 330 g/mol. The minimum absolute atomic E-state index is 0.0313. The van der Waals surface area contributed by atoms with Crippen molar-refractivity contribution in [2.24, 2.45) is 0 Å². The Labute approximate surface area is 149 Å². The summed E-state index contributed by atoms with van der Waals surface area (Å²) in [5.74, 6) is 0.0313. The van der Waals surface area contributed by atoms with Gasteiger partial charge in [-0.3, -0.25) is 4.79 Å². The molecule has 126 valence electrons. The molecule has 25 heavy (non-hydrogen) atoms. The zero-order valence-electron chi connectivity index (χ0n) is 14.5. The Morgan fingerprint density at radius 3 is 1.64 bits per heavy atom. The second-order valence-corrected chi connectivity index (χ2v) is 5.99. The largest absolute Gasteiger partial charge is 0.359 e. The second kappa shape index (κ2) is 7.67. The molecule has 0 saturated carbocycles. The summed E-state index contributed by atoms with van der Waals surface area (Å²) in [6.45, 7) is 0. The van der Waals surface area contributed by atoms with Crippen molar-refractivity contribution in [3.05, 3.63) is 96.6 Å². The standard InChI is InChI=1S/C22H22N2O/c1-23(19-14-8-4-9-15-19)21(18-12-6-3-7-13-18)22(25)24(2)20-16-10-5-11-17-20/h3-17,21H,1-2H3. The van der Waals surface area contributed by atoms with E-state index in [1.54, 1.807) is 4.90 Å². The fraction of sp³-hybridized carbons (Fsp3) is 0.136. The van der Waals surface area contributed by atoms with Crippen molar-refractivity contribution in [1.82, 2.24) is 0 Å². The van der Waals surface area contributed by atoms with E-state index in [1.165, 1.54) is 0 Å². The highest BCUT2D eigenvalue weighted by Gasteiger charge is 2.28. The molecule has 0 aliphatic carbocycles. The number of amides is 1. The Morgan fingerprint density at radius 2 is 1.12 bits per heavy atom. The van der Waals surface area contributed by atoms with E-state index in [4.69, 9.17) is 0 Å². The van der Waals surface area contributed by atoms with E-state index < -0.39 is 6.04 Å². The molecule has 1 atom stereocenters. The van der Waals surface area contributed by atoms with Crippen LogP contribution in [0, 0.1) is 0 Å². The van der Waals surface area contributed by atoms with E-state index >= 15 is 0 Å². The van der Waals surface area contributed by atoms with Crippen LogP contribution in [-0.2, 0) is 4.79 Å². The van der Waals surface area contributed by atoms with Gasteiger partial charge in [-0.1, -0.05) is 66.7 Å². The van der Waals surface area contributed by atoms with E-state index in [-0.39, 0.29) is 5.91 Å². The Bertz CT molecular complexity index is 803. The predicted octanol–water partition coefficient (Wildman–Crippen LogP) is 4.53. The quantitative estimate of drug-likeness (QED) is 0.686. The molecule has 0 aromatic heterocycles. The maximum atomic E-state index is 13.3. The van der Waals surface area contributed by atoms with Crippen LogP contribution in [0.3, 0.4) is 0 Å². The maximum absolute atomic E-state index is 13.3. The normalized spacial score (nSPS) is 11.6. The van der Waals surface area contributed by atoms with Crippen molar-refractivity contribution in [1.29, 1.82) is 0 Å². The molecule has 0 radical (unpaired) electrons. The summed E-state index contributed by atoms with van der Waals surface area (Å²) in [5.41, 5.74) is 2.86. The maximum Gasteiger partial charge on any atom is 0.254 e. The van der Waals surface area contributed by atoms with Gasteiger partial charge in [0.1, 0.15) is 6.04 Å². The third kappa shape index (κ3) is 3.72. The molecule has 0 spiro atoms. The van der Waals surface area contributed by atoms with Gasteiger partial charge in [0.2, 0.25) is 0 Å². The topological polar surface area (TPSA) is 23.6 Å². The molecule has 0 aliphatic rings. The van der Waals surface area contributed by atoms with Crippen LogP contribution in [0.15, 0.2) is 91.0 Å². The fourth-order valence-electron chi connectivity index (χ4n) is 2.94. The average molecular weight is 330 g/mol. The molecular formula is C22H22N2O. The van der Waals surface area contributed by atoms with E-state index in [0.29, 0.717) is 0 Å². The number of benzene rings is 3. The number of carbonyl (C=O) groups is 1. The van der Waals surface area contributed by atoms with Crippen LogP contribution in [0.1, 0.15) is 11.6 Å². The number of hydrogen-bond donors (Lipinski definition) is 0. The first-order chi connectivity index (χ1) is 12.2. The third-order valence-corrected chi connectivity index (χ3v) is 4.37. The molecule has 0 heterocycles. The first-order valence-electron chi connectivity index (χ1n) is 8.34. The first-order valence-corrected chi connectivity index (χ1v) is 8.34. The number of nitrogens with zero attached hydrogens (tertiary/aromatic N) is 2. The van der Waals surface area contributed by atoms with Gasteiger partial charge >= 0.3 is 0 Å². The summed E-state index contributed by atoms with van der Waals surface area (Å²) in [6.07, 6.45) is 0. The van der Waals surface area contributed by atoms with Crippen molar-refractivity contribution in [2.75, 3.05) is 23.9 Å². The lowest BCUT2D eigenvalue weighted by Gasteiger charge is -2.32. The van der Waals surface area contributed by atoms with Crippen LogP contribution >= 0.6 is 0 Å². The molecule has 1 amide bonds. The van der Waals surface area contributed by atoms with Crippen molar-refractivity contribution < 1.29 is 4.79 Å². The van der Waals surface area contributed by atoms with Crippen LogP contribution in [0.4, 0.5) is 11.4 Å². The van der Waals surface area contributed by atoms with Gasteiger partial charge in [-0.2, -0.15) is 0 Å². The minimum atomic E-state index is -0.395. The van der Waals surface area contributed by atoms with Gasteiger partial charge in [-0.25, -0.2) is 0 Å². The Balaban J connectivity index is 1.98. The predicted molar refractivity (Wildman–Crippen MR) is 104 cm³/mol. The van der Waals surface area contributed by atoms with Gasteiger partial charge in [-0.05, 0) is 29.8 Å². The second-order valence-electron chi connectivity index (χ2n) is 5.99. The van der Waals surface area contributed by atoms with Crippen LogP contribution in [-0.4, -0.2) is 20.0 Å². The van der Waals surface area contributed by atoms with E-state index in [9.17, 15) is 4.79 Å². The highest BCUT2D eigenvalue weighted by molar-refractivity contribution is 5.99. The summed E-state index contributed by atoms with van der Waals surface area (Å²) < 4.78 is 0. The van der Waals surface area contributed by atoms with Gasteiger partial charge < -0.3 is 9.80 Å². The van der Waals surface area contributed by atoms with Crippen LogP contribution in [0.5, 0.6) is 0 Å². The molecular weight excluding hydrogens is 308 g/mol. The van der Waals surface area contributed by atoms with Crippen molar-refractivity contribution in [3.8, 4) is 0 Å². The van der Waals surface area contributed by atoms with E-state index in [2.05, 4.69) is 0 Å². The molecule has 3 aromatic carbocycles. The lowest BCUT2D eigenvalue weighted by molar-refractivity contribution is -0.119. The summed E-state index contributed by atoms with van der Waals surface area (Å²) in [5, 5.41) is 0. The Morgan fingerprint density at radius 1 is 0.680 bits per heavy atom. The zero-order chi connectivity index (χ0) is 17.6. The van der Waals surface area contributed by atoms with Crippen LogP contribution < -0.4 is 9.80 Å². The Hall–Kier alpha value is -3.07. The van der Waals surface area contributed by atoms with Crippen molar-refractivity contribution in [3.63, 3.8) is 0 Å². The molecule has 3 heteroatoms. The van der Waals surface area contributed by atoms with Crippen molar-refractivity contribution in [2.45, 2.75) is 6.04 Å². The molecule has 0 saturated heterocycles. The highest BCUT2D eigenvalue weighted by Crippen LogP contribution is 2.28. The third-order valence-electron chi connectivity index (χ3n) is 4.37. The van der Waals surface area contributed by atoms with Crippen molar-refractivity contribution >= 4 is 17.3 Å². The summed E-state index contributed by atoms with van der Waals surface area (Å²) in [6, 6.07) is 29.2. The summed E-state index contributed by atoms with van der Waals surface area (Å²) >= 11 is 0.